The molecule has 2 fully saturated rings. The van der Waals surface area contributed by atoms with Crippen LogP contribution >= 0.6 is 0 Å². The van der Waals surface area contributed by atoms with E-state index in [1.807, 2.05) is 27.7 Å². The van der Waals surface area contributed by atoms with Crippen molar-refractivity contribution in [2.45, 2.75) is 64.4 Å². The molecular formula is C26H31BN2O7. The van der Waals surface area contributed by atoms with Crippen LogP contribution in [-0.2, 0) is 18.8 Å². The quantitative estimate of drug-likeness (QED) is 0.219. The van der Waals surface area contributed by atoms with E-state index >= 15 is 0 Å². The summed E-state index contributed by atoms with van der Waals surface area (Å²) in [6.45, 7) is 16.5. The molecule has 3 heterocycles. The van der Waals surface area contributed by atoms with Crippen LogP contribution in [0.25, 0.3) is 4.85 Å². The molecule has 0 radical (unpaired) electrons. The Morgan fingerprint density at radius 2 is 1.94 bits per heavy atom. The van der Waals surface area contributed by atoms with E-state index in [1.165, 1.54) is 6.20 Å². The zero-order valence-electron chi connectivity index (χ0n) is 21.1. The van der Waals surface area contributed by atoms with Crippen LogP contribution in [0, 0.1) is 6.57 Å². The summed E-state index contributed by atoms with van der Waals surface area (Å²) in [4.78, 5) is 19.5. The van der Waals surface area contributed by atoms with E-state index in [1.54, 1.807) is 24.3 Å². The number of carbonyl (C=O) groups excluding carboxylic acids is 1. The van der Waals surface area contributed by atoms with Crippen molar-refractivity contribution in [3.63, 3.8) is 0 Å². The SMILES string of the molecule is [C-]#[N+]c1cnc(Oc2ccc(B3OC(C)(C)C(C)(C)O3)c(C=O)c2)cc1OCCOC1CCCCO1. The summed E-state index contributed by atoms with van der Waals surface area (Å²) in [5.74, 6) is 0.978. The van der Waals surface area contributed by atoms with E-state index in [0.29, 0.717) is 35.7 Å². The summed E-state index contributed by atoms with van der Waals surface area (Å²) in [7, 11) is -0.665. The minimum atomic E-state index is -0.665. The van der Waals surface area contributed by atoms with Gasteiger partial charge in [-0.25, -0.2) is 9.83 Å². The Kier molecular flexibility index (Phi) is 7.96. The lowest BCUT2D eigenvalue weighted by molar-refractivity contribution is -0.165. The topological polar surface area (TPSA) is 89.7 Å². The third-order valence-corrected chi connectivity index (χ3v) is 6.64. The van der Waals surface area contributed by atoms with Gasteiger partial charge >= 0.3 is 7.12 Å². The second-order valence-electron chi connectivity index (χ2n) is 9.72. The molecule has 1 aromatic carbocycles. The third kappa shape index (κ3) is 5.87. The van der Waals surface area contributed by atoms with Gasteiger partial charge in [0.15, 0.2) is 6.29 Å². The fourth-order valence-corrected chi connectivity index (χ4v) is 3.86. The lowest BCUT2D eigenvalue weighted by atomic mass is 9.76. The molecule has 2 aliphatic rings. The van der Waals surface area contributed by atoms with Crippen molar-refractivity contribution in [1.29, 1.82) is 0 Å². The molecule has 1 unspecified atom stereocenters. The Balaban J connectivity index is 1.42. The molecule has 2 aliphatic heterocycles. The molecule has 2 saturated heterocycles. The maximum absolute atomic E-state index is 11.9. The van der Waals surface area contributed by atoms with Gasteiger partial charge in [0.1, 0.15) is 24.4 Å². The standard InChI is InChI=1S/C26H31BN2O7/c1-25(2)26(3,4)36-27(35-25)20-10-9-19(14-18(20)17-30)34-23-15-22(21(28-5)16-29-23)31-12-13-33-24-8-6-7-11-32-24/h9-10,14-17,24H,6-8,11-13H2,1-4H3. The van der Waals surface area contributed by atoms with Crippen LogP contribution in [0.5, 0.6) is 17.4 Å². The van der Waals surface area contributed by atoms with Gasteiger partial charge in [-0.3, -0.25) is 4.79 Å². The highest BCUT2D eigenvalue weighted by atomic mass is 16.7. The van der Waals surface area contributed by atoms with Gasteiger partial charge < -0.3 is 28.3 Å². The summed E-state index contributed by atoms with van der Waals surface area (Å²) < 4.78 is 35.0. The van der Waals surface area contributed by atoms with Crippen molar-refractivity contribution in [2.24, 2.45) is 0 Å². The van der Waals surface area contributed by atoms with Crippen molar-refractivity contribution in [3.8, 4) is 17.4 Å². The van der Waals surface area contributed by atoms with E-state index in [4.69, 9.17) is 34.8 Å². The summed E-state index contributed by atoms with van der Waals surface area (Å²) in [6.07, 6.45) is 4.94. The first-order valence-electron chi connectivity index (χ1n) is 12.1. The molecular weight excluding hydrogens is 463 g/mol. The van der Waals surface area contributed by atoms with Gasteiger partial charge in [-0.1, -0.05) is 6.07 Å². The number of rotatable bonds is 9. The summed E-state index contributed by atoms with van der Waals surface area (Å²) in [5, 5.41) is 0. The van der Waals surface area contributed by atoms with Crippen molar-refractivity contribution in [3.05, 3.63) is 47.4 Å². The number of carbonyl (C=O) groups is 1. The minimum absolute atomic E-state index is 0.203. The highest BCUT2D eigenvalue weighted by Gasteiger charge is 2.52. The van der Waals surface area contributed by atoms with Gasteiger partial charge in [0, 0.05) is 24.4 Å². The lowest BCUT2D eigenvalue weighted by Gasteiger charge is -2.32. The number of benzene rings is 1. The molecule has 0 amide bonds. The largest absolute Gasteiger partial charge is 0.502 e. The normalized spacial score (nSPS) is 20.5. The van der Waals surface area contributed by atoms with Crippen LogP contribution in [-0.4, -0.2) is 55.7 Å². The first kappa shape index (κ1) is 26.1. The van der Waals surface area contributed by atoms with Crippen molar-refractivity contribution in [1.82, 2.24) is 4.98 Å². The van der Waals surface area contributed by atoms with E-state index in [0.717, 1.165) is 25.5 Å². The number of ether oxygens (including phenoxy) is 4. The van der Waals surface area contributed by atoms with Crippen LogP contribution in [0.15, 0.2) is 30.5 Å². The van der Waals surface area contributed by atoms with E-state index in [-0.39, 0.29) is 24.5 Å². The maximum Gasteiger partial charge on any atom is 0.495 e. The predicted molar refractivity (Wildman–Crippen MR) is 133 cm³/mol. The van der Waals surface area contributed by atoms with Gasteiger partial charge in [-0.05, 0) is 64.6 Å². The molecule has 0 saturated carbocycles. The van der Waals surface area contributed by atoms with E-state index in [2.05, 4.69) is 9.83 Å². The van der Waals surface area contributed by atoms with E-state index in [9.17, 15) is 4.79 Å². The number of pyridine rings is 1. The van der Waals surface area contributed by atoms with E-state index < -0.39 is 18.3 Å². The Bertz CT molecular complexity index is 1110. The fraction of sp³-hybridized carbons (Fsp3) is 0.500. The Morgan fingerprint density at radius 1 is 1.17 bits per heavy atom. The predicted octanol–water partition coefficient (Wildman–Crippen LogP) is 4.46. The van der Waals surface area contributed by atoms with Crippen LogP contribution in [0.3, 0.4) is 0 Å². The van der Waals surface area contributed by atoms with Gasteiger partial charge in [0.25, 0.3) is 0 Å². The molecule has 4 rings (SSSR count). The number of hydrogen-bond donors (Lipinski definition) is 0. The monoisotopic (exact) mass is 494 g/mol. The average Bonchev–Trinajstić information content (AvgIpc) is 3.09. The van der Waals surface area contributed by atoms with Gasteiger partial charge in [-0.15, -0.1) is 0 Å². The number of nitrogens with zero attached hydrogens (tertiary/aromatic N) is 2. The molecule has 190 valence electrons. The van der Waals surface area contributed by atoms with Gasteiger partial charge in [0.2, 0.25) is 11.6 Å². The van der Waals surface area contributed by atoms with Crippen molar-refractivity contribution < 1.29 is 33.1 Å². The molecule has 0 spiro atoms. The van der Waals surface area contributed by atoms with Crippen LogP contribution in [0.1, 0.15) is 57.3 Å². The van der Waals surface area contributed by atoms with Gasteiger partial charge in [0.05, 0.1) is 24.4 Å². The van der Waals surface area contributed by atoms with Crippen LogP contribution in [0.2, 0.25) is 0 Å². The number of hydrogen-bond acceptors (Lipinski definition) is 8. The molecule has 9 nitrogen and oxygen atoms in total. The first-order chi connectivity index (χ1) is 17.2. The highest BCUT2D eigenvalue weighted by molar-refractivity contribution is 6.63. The Labute approximate surface area is 212 Å². The molecule has 1 atom stereocenters. The number of aldehydes is 1. The molecule has 1 aromatic heterocycles. The Hall–Kier alpha value is -2.97. The molecule has 0 aliphatic carbocycles. The van der Waals surface area contributed by atoms with Crippen LogP contribution < -0.4 is 14.9 Å². The van der Waals surface area contributed by atoms with Crippen molar-refractivity contribution >= 4 is 24.6 Å². The fourth-order valence-electron chi connectivity index (χ4n) is 3.86. The average molecular weight is 494 g/mol. The maximum atomic E-state index is 11.9. The summed E-state index contributed by atoms with van der Waals surface area (Å²) >= 11 is 0. The number of aromatic nitrogens is 1. The second-order valence-corrected chi connectivity index (χ2v) is 9.72. The summed E-state index contributed by atoms with van der Waals surface area (Å²) in [5.41, 5.74) is 0.236. The smallest absolute Gasteiger partial charge is 0.495 e. The molecule has 2 aromatic rings. The lowest BCUT2D eigenvalue weighted by Crippen LogP contribution is -2.41. The zero-order valence-corrected chi connectivity index (χ0v) is 21.1. The van der Waals surface area contributed by atoms with Crippen LogP contribution in [0.4, 0.5) is 5.69 Å². The first-order valence-corrected chi connectivity index (χ1v) is 12.1. The van der Waals surface area contributed by atoms with Gasteiger partial charge in [-0.2, -0.15) is 0 Å². The molecule has 0 N–H and O–H groups in total. The highest BCUT2D eigenvalue weighted by Crippen LogP contribution is 2.37. The van der Waals surface area contributed by atoms with Crippen molar-refractivity contribution in [2.75, 3.05) is 19.8 Å². The Morgan fingerprint density at radius 3 is 2.61 bits per heavy atom. The minimum Gasteiger partial charge on any atom is -0.502 e. The zero-order chi connectivity index (χ0) is 25.8. The second kappa shape index (κ2) is 11.0. The third-order valence-electron chi connectivity index (χ3n) is 6.64. The molecule has 36 heavy (non-hydrogen) atoms. The molecule has 0 bridgehead atoms. The summed E-state index contributed by atoms with van der Waals surface area (Å²) in [6, 6.07) is 6.62. The molecule has 10 heteroatoms.